The second-order valence-electron chi connectivity index (χ2n) is 9.75. The molecule has 5 heteroatoms. The Morgan fingerprint density at radius 3 is 2.33 bits per heavy atom. The van der Waals surface area contributed by atoms with Crippen molar-refractivity contribution in [2.75, 3.05) is 4.90 Å². The first-order valence-corrected chi connectivity index (χ1v) is 11.8. The number of carbonyl (C=O) groups excluding carboxylic acids is 2. The third kappa shape index (κ3) is 2.77. The van der Waals surface area contributed by atoms with Crippen LogP contribution in [0.5, 0.6) is 0 Å². The molecular formula is C31H21NO4. The van der Waals surface area contributed by atoms with Crippen molar-refractivity contribution in [1.82, 2.24) is 0 Å². The fourth-order valence-corrected chi connectivity index (χ4v) is 5.42. The zero-order valence-electron chi connectivity index (χ0n) is 19.7. The van der Waals surface area contributed by atoms with Crippen molar-refractivity contribution in [2.24, 2.45) is 0 Å². The highest BCUT2D eigenvalue weighted by atomic mass is 16.4. The molecule has 1 aliphatic heterocycles. The average molecular weight is 472 g/mol. The van der Waals surface area contributed by atoms with Gasteiger partial charge in [0.2, 0.25) is 5.88 Å². The molecule has 5 aromatic rings. The molecule has 2 aliphatic rings. The molecule has 0 unspecified atom stereocenters. The highest BCUT2D eigenvalue weighted by Gasteiger charge is 2.40. The van der Waals surface area contributed by atoms with E-state index in [0.717, 1.165) is 22.3 Å². The number of hydrogen-bond donors (Lipinski definition) is 0. The average Bonchev–Trinajstić information content (AvgIpc) is 3.58. The van der Waals surface area contributed by atoms with Gasteiger partial charge in [0.25, 0.3) is 0 Å². The van der Waals surface area contributed by atoms with Crippen molar-refractivity contribution in [3.8, 4) is 0 Å². The van der Waals surface area contributed by atoms with E-state index in [1.54, 1.807) is 30.5 Å². The number of benzene rings is 3. The summed E-state index contributed by atoms with van der Waals surface area (Å²) in [7, 11) is 0. The van der Waals surface area contributed by atoms with Gasteiger partial charge in [-0.25, -0.2) is 0 Å². The van der Waals surface area contributed by atoms with Crippen LogP contribution in [-0.2, 0) is 5.41 Å². The predicted molar refractivity (Wildman–Crippen MR) is 138 cm³/mol. The molecule has 0 atom stereocenters. The van der Waals surface area contributed by atoms with E-state index < -0.39 is 0 Å². The van der Waals surface area contributed by atoms with E-state index in [0.29, 0.717) is 28.4 Å². The van der Waals surface area contributed by atoms with Crippen molar-refractivity contribution < 1.29 is 18.4 Å². The van der Waals surface area contributed by atoms with Crippen LogP contribution >= 0.6 is 0 Å². The largest absolute Gasteiger partial charge is 0.464 e. The van der Waals surface area contributed by atoms with Crippen LogP contribution in [0, 0.1) is 0 Å². The highest BCUT2D eigenvalue weighted by molar-refractivity contribution is 6.41. The minimum Gasteiger partial charge on any atom is -0.464 e. The summed E-state index contributed by atoms with van der Waals surface area (Å²) in [6, 6.07) is 25.4. The summed E-state index contributed by atoms with van der Waals surface area (Å²) in [4.78, 5) is 28.6. The predicted octanol–water partition coefficient (Wildman–Crippen LogP) is 7.60. The van der Waals surface area contributed by atoms with Gasteiger partial charge >= 0.3 is 0 Å². The molecule has 0 amide bonds. The maximum absolute atomic E-state index is 13.2. The van der Waals surface area contributed by atoms with E-state index in [-0.39, 0.29) is 22.6 Å². The van der Waals surface area contributed by atoms with Gasteiger partial charge in [-0.15, -0.1) is 0 Å². The quantitative estimate of drug-likeness (QED) is 0.196. The first-order chi connectivity index (χ1) is 17.4. The van der Waals surface area contributed by atoms with Gasteiger partial charge in [0.15, 0.2) is 11.6 Å². The lowest BCUT2D eigenvalue weighted by Gasteiger charge is -2.38. The minimum absolute atomic E-state index is 0.102. The van der Waals surface area contributed by atoms with Gasteiger partial charge in [-0.05, 0) is 54.1 Å². The molecule has 1 aliphatic carbocycles. The van der Waals surface area contributed by atoms with Gasteiger partial charge in [-0.3, -0.25) is 14.5 Å². The number of carbonyl (C=O) groups is 2. The molecule has 0 saturated carbocycles. The molecular weight excluding hydrogens is 450 g/mol. The summed E-state index contributed by atoms with van der Waals surface area (Å²) < 4.78 is 11.8. The van der Waals surface area contributed by atoms with Crippen molar-refractivity contribution >= 4 is 45.9 Å². The van der Waals surface area contributed by atoms with E-state index in [1.807, 2.05) is 48.5 Å². The molecule has 36 heavy (non-hydrogen) atoms. The number of rotatable bonds is 2. The summed E-state index contributed by atoms with van der Waals surface area (Å²) in [5.74, 6) is 0.541. The summed E-state index contributed by atoms with van der Waals surface area (Å²) in [6.07, 6.45) is 3.13. The Bertz CT molecular complexity index is 1700. The number of anilines is 3. The molecule has 7 rings (SSSR count). The minimum atomic E-state index is -0.339. The molecule has 0 radical (unpaired) electrons. The third-order valence-electron chi connectivity index (χ3n) is 7.30. The number of Topliss-reactive ketones (excluding diaryl/α,β-unsaturated/α-hetero) is 2. The summed E-state index contributed by atoms with van der Waals surface area (Å²) in [5, 5.41) is 0.794. The van der Waals surface area contributed by atoms with E-state index in [2.05, 4.69) is 30.9 Å². The van der Waals surface area contributed by atoms with Gasteiger partial charge < -0.3 is 8.83 Å². The van der Waals surface area contributed by atoms with Gasteiger partial charge in [0.1, 0.15) is 11.3 Å². The van der Waals surface area contributed by atoms with E-state index >= 15 is 0 Å². The van der Waals surface area contributed by atoms with Crippen molar-refractivity contribution in [3.05, 3.63) is 119 Å². The number of allylic oxidation sites excluding steroid dienone is 1. The maximum Gasteiger partial charge on any atom is 0.209 e. The Morgan fingerprint density at radius 1 is 0.806 bits per heavy atom. The maximum atomic E-state index is 13.2. The van der Waals surface area contributed by atoms with Gasteiger partial charge in [0, 0.05) is 33.2 Å². The number of fused-ring (bicyclic) bond motifs is 4. The first kappa shape index (κ1) is 20.7. The van der Waals surface area contributed by atoms with Crippen molar-refractivity contribution in [3.63, 3.8) is 0 Å². The monoisotopic (exact) mass is 471 g/mol. The van der Waals surface area contributed by atoms with Crippen molar-refractivity contribution in [1.29, 1.82) is 0 Å². The summed E-state index contributed by atoms with van der Waals surface area (Å²) in [6.45, 7) is 4.33. The molecule has 174 valence electrons. The molecule has 5 nitrogen and oxygen atoms in total. The topological polar surface area (TPSA) is 63.7 Å². The zero-order valence-corrected chi connectivity index (χ0v) is 19.7. The van der Waals surface area contributed by atoms with Gasteiger partial charge in [0.05, 0.1) is 17.5 Å². The van der Waals surface area contributed by atoms with Crippen LogP contribution in [0.3, 0.4) is 0 Å². The SMILES string of the molecule is CC1(C)c2ccccc2N(c2ccccc2)c2oc(/C=C3/C(=O)c4cc5ccoc5cc4C3=O)cc21. The lowest BCUT2D eigenvalue weighted by atomic mass is 9.75. The van der Waals surface area contributed by atoms with Crippen LogP contribution in [0.2, 0.25) is 0 Å². The molecule has 0 bridgehead atoms. The fraction of sp³-hybridized carbons (Fsp3) is 0.0968. The molecule has 3 heterocycles. The summed E-state index contributed by atoms with van der Waals surface area (Å²) in [5.41, 5.74) is 5.28. The Morgan fingerprint density at radius 2 is 1.53 bits per heavy atom. The third-order valence-corrected chi connectivity index (χ3v) is 7.30. The van der Waals surface area contributed by atoms with Crippen LogP contribution in [0.25, 0.3) is 17.0 Å². The molecule has 0 N–H and O–H groups in total. The number of hydrogen-bond acceptors (Lipinski definition) is 5. The Balaban J connectivity index is 1.39. The van der Waals surface area contributed by atoms with E-state index in [9.17, 15) is 9.59 Å². The second-order valence-corrected chi connectivity index (χ2v) is 9.75. The van der Waals surface area contributed by atoms with Crippen LogP contribution in [0.15, 0.2) is 99.5 Å². The van der Waals surface area contributed by atoms with Gasteiger partial charge in [-0.2, -0.15) is 0 Å². The lowest BCUT2D eigenvalue weighted by Crippen LogP contribution is -2.29. The van der Waals surface area contributed by atoms with Crippen LogP contribution in [0.1, 0.15) is 51.5 Å². The number of furan rings is 2. The molecule has 3 aromatic carbocycles. The highest BCUT2D eigenvalue weighted by Crippen LogP contribution is 2.53. The van der Waals surface area contributed by atoms with Crippen LogP contribution < -0.4 is 4.90 Å². The smallest absolute Gasteiger partial charge is 0.209 e. The second kappa shape index (κ2) is 7.18. The first-order valence-electron chi connectivity index (χ1n) is 11.8. The van der Waals surface area contributed by atoms with Crippen LogP contribution in [0.4, 0.5) is 17.3 Å². The number of para-hydroxylation sites is 2. The van der Waals surface area contributed by atoms with Crippen molar-refractivity contribution in [2.45, 2.75) is 19.3 Å². The molecule has 0 saturated heterocycles. The Hall–Kier alpha value is -4.64. The lowest BCUT2D eigenvalue weighted by molar-refractivity contribution is 0.0990. The fourth-order valence-electron chi connectivity index (χ4n) is 5.42. The zero-order chi connectivity index (χ0) is 24.6. The normalized spacial score (nSPS) is 16.9. The van der Waals surface area contributed by atoms with Gasteiger partial charge in [-0.1, -0.05) is 50.2 Å². The summed E-state index contributed by atoms with van der Waals surface area (Å²) >= 11 is 0. The van der Waals surface area contributed by atoms with Crippen LogP contribution in [-0.4, -0.2) is 11.6 Å². The standard InChI is InChI=1S/C31H21NO4/c1-31(2)24-10-6-7-11-26(24)32(19-8-4-3-5-9-19)30-25(31)16-20(36-30)15-23-28(33)21-14-18-12-13-35-27(18)17-22(21)29(23)34/h3-17H,1-2H3/b23-15-. The number of ketones is 2. The Kier molecular flexibility index (Phi) is 4.13. The van der Waals surface area contributed by atoms with E-state index in [1.165, 1.54) is 5.56 Å². The molecule has 0 spiro atoms. The Labute approximate surface area is 207 Å². The number of nitrogens with zero attached hydrogens (tertiary/aromatic N) is 1. The van der Waals surface area contributed by atoms with E-state index in [4.69, 9.17) is 8.83 Å². The molecule has 0 fully saturated rings. The molecule has 2 aromatic heterocycles.